The molecular formula is C22H17N3OS. The number of nitrogens with zero attached hydrogens (tertiary/aromatic N) is 2. The summed E-state index contributed by atoms with van der Waals surface area (Å²) in [6, 6.07) is 21.9. The predicted octanol–water partition coefficient (Wildman–Crippen LogP) is 5.05. The third kappa shape index (κ3) is 4.27. The van der Waals surface area contributed by atoms with Crippen molar-refractivity contribution in [2.45, 2.75) is 6.42 Å². The number of carbonyl (C=O) groups excluding carboxylic acids is 1. The Morgan fingerprint density at radius 2 is 1.56 bits per heavy atom. The van der Waals surface area contributed by atoms with Gasteiger partial charge in [-0.15, -0.1) is 11.3 Å². The maximum Gasteiger partial charge on any atom is 0.230 e. The SMILES string of the molecule is O=C(Cc1ccc(-c2ccncc2)cc1)Nc1nc(-c2ccccc2)cs1. The van der Waals surface area contributed by atoms with Crippen LogP contribution in [0.1, 0.15) is 5.56 Å². The van der Waals surface area contributed by atoms with Gasteiger partial charge in [0.25, 0.3) is 0 Å². The van der Waals surface area contributed by atoms with Gasteiger partial charge < -0.3 is 5.32 Å². The van der Waals surface area contributed by atoms with E-state index in [1.54, 1.807) is 12.4 Å². The molecule has 132 valence electrons. The van der Waals surface area contributed by atoms with E-state index in [-0.39, 0.29) is 5.91 Å². The molecule has 0 aliphatic rings. The highest BCUT2D eigenvalue weighted by molar-refractivity contribution is 7.14. The highest BCUT2D eigenvalue weighted by atomic mass is 32.1. The van der Waals surface area contributed by atoms with Gasteiger partial charge in [0.05, 0.1) is 12.1 Å². The molecule has 0 bridgehead atoms. The average molecular weight is 371 g/mol. The van der Waals surface area contributed by atoms with Gasteiger partial charge in [0, 0.05) is 23.3 Å². The Hall–Kier alpha value is -3.31. The summed E-state index contributed by atoms with van der Waals surface area (Å²) >= 11 is 1.43. The molecule has 1 amide bonds. The summed E-state index contributed by atoms with van der Waals surface area (Å²) in [6.07, 6.45) is 3.86. The van der Waals surface area contributed by atoms with Crippen LogP contribution in [0.15, 0.2) is 84.5 Å². The van der Waals surface area contributed by atoms with Crippen LogP contribution in [0.3, 0.4) is 0 Å². The van der Waals surface area contributed by atoms with E-state index in [0.717, 1.165) is 27.9 Å². The number of benzene rings is 2. The fourth-order valence-electron chi connectivity index (χ4n) is 2.78. The van der Waals surface area contributed by atoms with Gasteiger partial charge in [-0.25, -0.2) is 4.98 Å². The minimum atomic E-state index is -0.0689. The lowest BCUT2D eigenvalue weighted by atomic mass is 10.0. The second kappa shape index (κ2) is 7.93. The van der Waals surface area contributed by atoms with E-state index in [4.69, 9.17) is 0 Å². The highest BCUT2D eigenvalue weighted by Gasteiger charge is 2.09. The van der Waals surface area contributed by atoms with Gasteiger partial charge in [-0.2, -0.15) is 0 Å². The standard InChI is InChI=1S/C22H17N3OS/c26-21(25-22-24-20(15-27-22)19-4-2-1-3-5-19)14-16-6-8-17(9-7-16)18-10-12-23-13-11-18/h1-13,15H,14H2,(H,24,25,26). The van der Waals surface area contributed by atoms with E-state index in [9.17, 15) is 4.79 Å². The van der Waals surface area contributed by atoms with Gasteiger partial charge in [0.2, 0.25) is 5.91 Å². The number of nitrogens with one attached hydrogen (secondary N) is 1. The molecule has 0 aliphatic heterocycles. The fraction of sp³-hybridized carbons (Fsp3) is 0.0455. The number of hydrogen-bond donors (Lipinski definition) is 1. The first-order valence-electron chi connectivity index (χ1n) is 8.58. The molecule has 5 heteroatoms. The molecule has 2 heterocycles. The molecule has 4 aromatic rings. The molecule has 2 aromatic heterocycles. The zero-order chi connectivity index (χ0) is 18.5. The van der Waals surface area contributed by atoms with Crippen LogP contribution >= 0.6 is 11.3 Å². The Balaban J connectivity index is 1.39. The summed E-state index contributed by atoms with van der Waals surface area (Å²) in [5, 5.41) is 5.46. The van der Waals surface area contributed by atoms with E-state index < -0.39 is 0 Å². The Morgan fingerprint density at radius 3 is 2.30 bits per heavy atom. The van der Waals surface area contributed by atoms with Crippen molar-refractivity contribution in [2.24, 2.45) is 0 Å². The molecule has 0 saturated carbocycles. The lowest BCUT2D eigenvalue weighted by Gasteiger charge is -2.05. The zero-order valence-electron chi connectivity index (χ0n) is 14.5. The normalized spacial score (nSPS) is 10.5. The molecule has 0 atom stereocenters. The smallest absolute Gasteiger partial charge is 0.230 e. The Kier molecular flexibility index (Phi) is 5.03. The van der Waals surface area contributed by atoms with Crippen LogP contribution in [-0.4, -0.2) is 15.9 Å². The van der Waals surface area contributed by atoms with E-state index in [1.165, 1.54) is 11.3 Å². The van der Waals surface area contributed by atoms with Crippen molar-refractivity contribution in [3.63, 3.8) is 0 Å². The third-order valence-electron chi connectivity index (χ3n) is 4.15. The van der Waals surface area contributed by atoms with Gasteiger partial charge in [-0.05, 0) is 28.8 Å². The third-order valence-corrected chi connectivity index (χ3v) is 4.91. The average Bonchev–Trinajstić information content (AvgIpc) is 3.18. The maximum atomic E-state index is 12.3. The van der Waals surface area contributed by atoms with Crippen molar-refractivity contribution < 1.29 is 4.79 Å². The van der Waals surface area contributed by atoms with Crippen LogP contribution in [0.4, 0.5) is 5.13 Å². The molecule has 27 heavy (non-hydrogen) atoms. The number of aromatic nitrogens is 2. The van der Waals surface area contributed by atoms with E-state index in [2.05, 4.69) is 15.3 Å². The van der Waals surface area contributed by atoms with Gasteiger partial charge in [-0.3, -0.25) is 9.78 Å². The van der Waals surface area contributed by atoms with Crippen molar-refractivity contribution in [3.05, 3.63) is 90.1 Å². The van der Waals surface area contributed by atoms with Gasteiger partial charge in [-0.1, -0.05) is 54.6 Å². The lowest BCUT2D eigenvalue weighted by molar-refractivity contribution is -0.115. The first-order valence-corrected chi connectivity index (χ1v) is 9.46. The first-order chi connectivity index (χ1) is 13.3. The highest BCUT2D eigenvalue weighted by Crippen LogP contribution is 2.25. The zero-order valence-corrected chi connectivity index (χ0v) is 15.3. The van der Waals surface area contributed by atoms with Crippen molar-refractivity contribution in [3.8, 4) is 22.4 Å². The summed E-state index contributed by atoms with van der Waals surface area (Å²) in [4.78, 5) is 20.9. The van der Waals surface area contributed by atoms with Gasteiger partial charge in [0.1, 0.15) is 0 Å². The summed E-state index contributed by atoms with van der Waals surface area (Å²) in [6.45, 7) is 0. The van der Waals surface area contributed by atoms with Crippen LogP contribution in [0.2, 0.25) is 0 Å². The minimum Gasteiger partial charge on any atom is -0.302 e. The summed E-state index contributed by atoms with van der Waals surface area (Å²) < 4.78 is 0. The second-order valence-corrected chi connectivity index (χ2v) is 6.92. The van der Waals surface area contributed by atoms with Crippen molar-refractivity contribution in [1.29, 1.82) is 0 Å². The van der Waals surface area contributed by atoms with E-state index in [0.29, 0.717) is 11.6 Å². The second-order valence-electron chi connectivity index (χ2n) is 6.06. The molecule has 2 aromatic carbocycles. The topological polar surface area (TPSA) is 54.9 Å². The molecule has 0 saturated heterocycles. The number of rotatable bonds is 5. The first kappa shape index (κ1) is 17.1. The lowest BCUT2D eigenvalue weighted by Crippen LogP contribution is -2.14. The Bertz CT molecular complexity index is 1030. The van der Waals surface area contributed by atoms with E-state index in [1.807, 2.05) is 72.1 Å². The summed E-state index contributed by atoms with van der Waals surface area (Å²) in [7, 11) is 0. The van der Waals surface area contributed by atoms with Crippen molar-refractivity contribution >= 4 is 22.4 Å². The monoisotopic (exact) mass is 371 g/mol. The summed E-state index contributed by atoms with van der Waals surface area (Å²) in [5.41, 5.74) is 5.09. The largest absolute Gasteiger partial charge is 0.302 e. The van der Waals surface area contributed by atoms with Crippen LogP contribution in [-0.2, 0) is 11.2 Å². The number of pyridine rings is 1. The molecule has 4 nitrogen and oxygen atoms in total. The molecule has 0 unspecified atom stereocenters. The molecule has 0 spiro atoms. The number of thiazole rings is 1. The Morgan fingerprint density at radius 1 is 0.852 bits per heavy atom. The molecular weight excluding hydrogens is 354 g/mol. The molecule has 1 N–H and O–H groups in total. The molecule has 0 aliphatic carbocycles. The van der Waals surface area contributed by atoms with Gasteiger partial charge >= 0.3 is 0 Å². The number of hydrogen-bond acceptors (Lipinski definition) is 4. The number of carbonyl (C=O) groups is 1. The van der Waals surface area contributed by atoms with Crippen LogP contribution in [0, 0.1) is 0 Å². The summed E-state index contributed by atoms with van der Waals surface area (Å²) in [5.74, 6) is -0.0689. The van der Waals surface area contributed by atoms with Crippen LogP contribution in [0.5, 0.6) is 0 Å². The number of amides is 1. The van der Waals surface area contributed by atoms with Crippen LogP contribution in [0.25, 0.3) is 22.4 Å². The fourth-order valence-corrected chi connectivity index (χ4v) is 3.52. The molecule has 0 radical (unpaired) electrons. The van der Waals surface area contributed by atoms with Crippen LogP contribution < -0.4 is 5.32 Å². The molecule has 4 rings (SSSR count). The quantitative estimate of drug-likeness (QED) is 0.534. The van der Waals surface area contributed by atoms with Crippen molar-refractivity contribution in [2.75, 3.05) is 5.32 Å². The minimum absolute atomic E-state index is 0.0689. The Labute approximate surface area is 161 Å². The molecule has 0 fully saturated rings. The van der Waals surface area contributed by atoms with E-state index >= 15 is 0 Å². The maximum absolute atomic E-state index is 12.3. The van der Waals surface area contributed by atoms with Crippen molar-refractivity contribution in [1.82, 2.24) is 9.97 Å². The van der Waals surface area contributed by atoms with Gasteiger partial charge in [0.15, 0.2) is 5.13 Å². The number of anilines is 1. The predicted molar refractivity (Wildman–Crippen MR) is 110 cm³/mol.